The lowest BCUT2D eigenvalue weighted by molar-refractivity contribution is 0.241. The number of nitrogens with zero attached hydrogens (tertiary/aromatic N) is 3. The van der Waals surface area contributed by atoms with Crippen molar-refractivity contribution in [3.63, 3.8) is 0 Å². The highest BCUT2D eigenvalue weighted by molar-refractivity contribution is 5.68. The molecule has 0 N–H and O–H groups in total. The molecule has 1 aromatic heterocycles. The van der Waals surface area contributed by atoms with Gasteiger partial charge in [0.15, 0.2) is 0 Å². The third-order valence-electron chi connectivity index (χ3n) is 5.41. The molecule has 4 rings (SSSR count). The summed E-state index contributed by atoms with van der Waals surface area (Å²) in [5, 5.41) is 13.7. The van der Waals surface area contributed by atoms with E-state index in [1.54, 1.807) is 12.1 Å². The molecule has 0 bridgehead atoms. The highest BCUT2D eigenvalue weighted by Crippen LogP contribution is 2.46. The third kappa shape index (κ3) is 3.70. The summed E-state index contributed by atoms with van der Waals surface area (Å²) in [6.45, 7) is 10.6. The number of ether oxygens (including phenoxy) is 1. The maximum absolute atomic E-state index is 9.48. The van der Waals surface area contributed by atoms with E-state index in [0.29, 0.717) is 28.6 Å². The Labute approximate surface area is 177 Å². The van der Waals surface area contributed by atoms with E-state index in [1.807, 2.05) is 19.9 Å². The van der Waals surface area contributed by atoms with Gasteiger partial charge in [-0.15, -0.1) is 0 Å². The molecule has 1 radical (unpaired) electrons. The fourth-order valence-corrected chi connectivity index (χ4v) is 4.07. The topological polar surface area (TPSA) is 71.9 Å². The van der Waals surface area contributed by atoms with Gasteiger partial charge in [-0.05, 0) is 61.4 Å². The lowest BCUT2D eigenvalue weighted by atomic mass is 9.77. The molecule has 0 fully saturated rings. The minimum absolute atomic E-state index is 0.00655. The zero-order valence-corrected chi connectivity index (χ0v) is 18.1. The maximum atomic E-state index is 9.48. The molecule has 2 aromatic carbocycles. The molecule has 1 aliphatic carbocycles. The Morgan fingerprint density at radius 3 is 2.57 bits per heavy atom. The van der Waals surface area contributed by atoms with Crippen LogP contribution in [0.3, 0.4) is 0 Å². The van der Waals surface area contributed by atoms with Gasteiger partial charge in [0, 0.05) is 17.0 Å². The van der Waals surface area contributed by atoms with E-state index in [2.05, 4.69) is 55.2 Å². The first-order valence-electron chi connectivity index (χ1n) is 10.3. The van der Waals surface area contributed by atoms with Crippen LogP contribution in [0.4, 0.5) is 0 Å². The van der Waals surface area contributed by atoms with Crippen LogP contribution in [0.5, 0.6) is 5.75 Å². The van der Waals surface area contributed by atoms with Gasteiger partial charge in [0.1, 0.15) is 11.8 Å². The van der Waals surface area contributed by atoms with Gasteiger partial charge in [0.05, 0.1) is 11.7 Å². The number of aromatic nitrogens is 2. The summed E-state index contributed by atoms with van der Waals surface area (Å²) in [6, 6.07) is 13.9. The van der Waals surface area contributed by atoms with Crippen molar-refractivity contribution >= 4 is 0 Å². The highest BCUT2D eigenvalue weighted by atomic mass is 16.5. The van der Waals surface area contributed by atoms with Crippen molar-refractivity contribution in [1.29, 1.82) is 5.26 Å². The van der Waals surface area contributed by atoms with Crippen LogP contribution >= 0.6 is 0 Å². The Morgan fingerprint density at radius 2 is 1.87 bits per heavy atom. The zero-order chi connectivity index (χ0) is 21.5. The van der Waals surface area contributed by atoms with Crippen molar-refractivity contribution in [3.05, 3.63) is 59.0 Å². The molecule has 30 heavy (non-hydrogen) atoms. The van der Waals surface area contributed by atoms with Crippen LogP contribution < -0.4 is 4.74 Å². The third-order valence-corrected chi connectivity index (χ3v) is 5.41. The number of hydrogen-bond donors (Lipinski definition) is 0. The van der Waals surface area contributed by atoms with Gasteiger partial charge in [-0.25, -0.2) is 0 Å². The highest BCUT2D eigenvalue weighted by Gasteiger charge is 2.34. The lowest BCUT2D eigenvalue weighted by Gasteiger charge is -2.27. The van der Waals surface area contributed by atoms with Crippen LogP contribution in [0.25, 0.3) is 22.8 Å². The minimum atomic E-state index is -0.00655. The van der Waals surface area contributed by atoms with Gasteiger partial charge in [-0.2, -0.15) is 10.2 Å². The summed E-state index contributed by atoms with van der Waals surface area (Å²) < 4.78 is 11.3. The molecule has 0 saturated heterocycles. The maximum Gasteiger partial charge on any atom is 0.258 e. The van der Waals surface area contributed by atoms with Crippen molar-refractivity contribution in [3.8, 4) is 34.7 Å². The quantitative estimate of drug-likeness (QED) is 0.539. The molecule has 1 aliphatic rings. The smallest absolute Gasteiger partial charge is 0.258 e. The van der Waals surface area contributed by atoms with E-state index in [0.717, 1.165) is 18.4 Å². The molecule has 0 aliphatic heterocycles. The molecule has 5 heteroatoms. The number of nitriles is 1. The van der Waals surface area contributed by atoms with E-state index in [9.17, 15) is 5.26 Å². The van der Waals surface area contributed by atoms with Crippen LogP contribution in [0.1, 0.15) is 57.7 Å². The molecule has 153 valence electrons. The first-order valence-corrected chi connectivity index (χ1v) is 10.3. The molecule has 0 saturated carbocycles. The average Bonchev–Trinajstić information content (AvgIpc) is 3.34. The predicted molar refractivity (Wildman–Crippen MR) is 116 cm³/mol. The second kappa shape index (κ2) is 7.60. The number of benzene rings is 2. The van der Waals surface area contributed by atoms with Crippen LogP contribution in [-0.2, 0) is 6.42 Å². The van der Waals surface area contributed by atoms with Gasteiger partial charge in [0.2, 0.25) is 5.82 Å². The van der Waals surface area contributed by atoms with E-state index in [4.69, 9.17) is 9.26 Å². The van der Waals surface area contributed by atoms with Gasteiger partial charge in [-0.1, -0.05) is 44.1 Å². The van der Waals surface area contributed by atoms with E-state index in [-0.39, 0.29) is 11.5 Å². The van der Waals surface area contributed by atoms with Gasteiger partial charge in [0.25, 0.3) is 5.89 Å². The number of rotatable bonds is 4. The van der Waals surface area contributed by atoms with Gasteiger partial charge >= 0.3 is 0 Å². The summed E-state index contributed by atoms with van der Waals surface area (Å²) in [5.41, 5.74) is 4.91. The van der Waals surface area contributed by atoms with Crippen molar-refractivity contribution in [1.82, 2.24) is 10.1 Å². The largest absolute Gasteiger partial charge is 0.490 e. The van der Waals surface area contributed by atoms with E-state index >= 15 is 0 Å². The van der Waals surface area contributed by atoms with Crippen molar-refractivity contribution in [2.24, 2.45) is 5.41 Å². The number of hydrogen-bond acceptors (Lipinski definition) is 5. The summed E-state index contributed by atoms with van der Waals surface area (Å²) in [6.07, 6.45) is 2.04. The second-order valence-electron chi connectivity index (χ2n) is 8.97. The number of fused-ring (bicyclic) bond motifs is 1. The van der Waals surface area contributed by atoms with Crippen LogP contribution in [0.15, 0.2) is 40.9 Å². The van der Waals surface area contributed by atoms with Crippen LogP contribution in [0.2, 0.25) is 0 Å². The fourth-order valence-electron chi connectivity index (χ4n) is 4.07. The SMILES string of the molecule is CC(C)Oc1ccc(-c2nc(-c3cccc4c3CC[C]4C(C)(C)C)no2)cc1C#N. The van der Waals surface area contributed by atoms with E-state index in [1.165, 1.54) is 17.0 Å². The fraction of sp³-hybridized carbons (Fsp3) is 0.360. The molecule has 3 aromatic rings. The predicted octanol–water partition coefficient (Wildman–Crippen LogP) is 5.98. The molecule has 1 heterocycles. The van der Waals surface area contributed by atoms with Crippen molar-refractivity contribution in [2.75, 3.05) is 0 Å². The second-order valence-corrected chi connectivity index (χ2v) is 8.97. The Morgan fingerprint density at radius 1 is 1.10 bits per heavy atom. The van der Waals surface area contributed by atoms with Crippen LogP contribution in [-0.4, -0.2) is 16.2 Å². The first-order chi connectivity index (χ1) is 14.3. The molecule has 0 atom stereocenters. The summed E-state index contributed by atoms with van der Waals surface area (Å²) >= 11 is 0. The summed E-state index contributed by atoms with van der Waals surface area (Å²) in [5.74, 6) is 3.01. The Bertz CT molecular complexity index is 1120. The monoisotopic (exact) mass is 400 g/mol. The van der Waals surface area contributed by atoms with Crippen LogP contribution in [0, 0.1) is 22.7 Å². The molecule has 0 spiro atoms. The Hall–Kier alpha value is -3.13. The summed E-state index contributed by atoms with van der Waals surface area (Å²) in [7, 11) is 0. The molecule has 0 unspecified atom stereocenters. The van der Waals surface area contributed by atoms with Crippen molar-refractivity contribution in [2.45, 2.75) is 53.6 Å². The van der Waals surface area contributed by atoms with Crippen molar-refractivity contribution < 1.29 is 9.26 Å². The zero-order valence-electron chi connectivity index (χ0n) is 18.1. The summed E-state index contributed by atoms with van der Waals surface area (Å²) in [4.78, 5) is 4.64. The normalized spacial score (nSPS) is 14.0. The Balaban J connectivity index is 1.68. The minimum Gasteiger partial charge on any atom is -0.490 e. The Kier molecular flexibility index (Phi) is 5.11. The molecule has 0 amide bonds. The molecular formula is C25H26N3O2. The first kappa shape index (κ1) is 20.2. The van der Waals surface area contributed by atoms with Gasteiger partial charge in [-0.3, -0.25) is 0 Å². The van der Waals surface area contributed by atoms with E-state index < -0.39 is 0 Å². The molecule has 5 nitrogen and oxygen atoms in total. The lowest BCUT2D eigenvalue weighted by Crippen LogP contribution is -2.16. The average molecular weight is 401 g/mol. The molecular weight excluding hydrogens is 374 g/mol. The standard InChI is InChI=1S/C25H26N3O2/c1-15(2)29-22-12-9-16(13-17(22)14-26)24-27-23(28-30-24)20-8-6-7-19-18(20)10-11-21(19)25(3,4)5/h6-9,12-13,15H,10-11H2,1-5H3. The van der Waals surface area contributed by atoms with Gasteiger partial charge < -0.3 is 9.26 Å².